The summed E-state index contributed by atoms with van der Waals surface area (Å²) in [5, 5.41) is 7.04. The van der Waals surface area contributed by atoms with Crippen LogP contribution in [-0.2, 0) is 13.1 Å². The van der Waals surface area contributed by atoms with Crippen molar-refractivity contribution in [2.75, 3.05) is 45.7 Å². The van der Waals surface area contributed by atoms with Gasteiger partial charge in [0.05, 0.1) is 12.8 Å². The number of para-hydroxylation sites is 2. The van der Waals surface area contributed by atoms with Gasteiger partial charge in [-0.15, -0.1) is 0 Å². The number of anilines is 1. The fourth-order valence-corrected chi connectivity index (χ4v) is 3.82. The van der Waals surface area contributed by atoms with Crippen molar-refractivity contribution in [2.24, 2.45) is 4.99 Å². The Morgan fingerprint density at radius 3 is 2.77 bits per heavy atom. The average Bonchev–Trinajstić information content (AvgIpc) is 3.25. The van der Waals surface area contributed by atoms with Crippen molar-refractivity contribution in [1.82, 2.24) is 15.5 Å². The zero-order valence-electron chi connectivity index (χ0n) is 18.7. The first-order valence-electron chi connectivity index (χ1n) is 10.7. The van der Waals surface area contributed by atoms with E-state index >= 15 is 0 Å². The molecule has 2 N–H and O–H groups in total. The number of hydrogen-bond donors (Lipinski definition) is 2. The summed E-state index contributed by atoms with van der Waals surface area (Å²) in [6.07, 6.45) is 1.07. The van der Waals surface area contributed by atoms with Crippen LogP contribution in [0.3, 0.4) is 0 Å². The molecule has 1 atom stereocenters. The maximum Gasteiger partial charge on any atom is 0.191 e. The third-order valence-electron chi connectivity index (χ3n) is 5.62. The maximum atomic E-state index is 5.52. The van der Waals surface area contributed by atoms with Gasteiger partial charge < -0.3 is 25.2 Å². The quantitative estimate of drug-likeness (QED) is 0.518. The Morgan fingerprint density at radius 2 is 2.00 bits per heavy atom. The van der Waals surface area contributed by atoms with Gasteiger partial charge in [-0.1, -0.05) is 43.3 Å². The van der Waals surface area contributed by atoms with Gasteiger partial charge in [0, 0.05) is 39.3 Å². The average molecular weight is 410 g/mol. The number of nitrogens with one attached hydrogen (secondary N) is 2. The van der Waals surface area contributed by atoms with Crippen LogP contribution < -0.4 is 20.3 Å². The highest BCUT2D eigenvalue weighted by atomic mass is 16.5. The van der Waals surface area contributed by atoms with Gasteiger partial charge >= 0.3 is 0 Å². The van der Waals surface area contributed by atoms with E-state index in [0.29, 0.717) is 6.04 Å². The van der Waals surface area contributed by atoms with E-state index in [1.165, 1.54) is 11.1 Å². The second kappa shape index (κ2) is 10.9. The van der Waals surface area contributed by atoms with Crippen molar-refractivity contribution in [2.45, 2.75) is 32.5 Å². The summed E-state index contributed by atoms with van der Waals surface area (Å²) >= 11 is 0. The lowest BCUT2D eigenvalue weighted by atomic mass is 10.1. The number of ether oxygens (including phenoxy) is 1. The van der Waals surface area contributed by atoms with Crippen LogP contribution in [0.2, 0.25) is 0 Å². The lowest BCUT2D eigenvalue weighted by Crippen LogP contribution is -2.44. The molecule has 0 aromatic heterocycles. The van der Waals surface area contributed by atoms with E-state index < -0.39 is 0 Å². The molecule has 6 nitrogen and oxygen atoms in total. The van der Waals surface area contributed by atoms with Crippen LogP contribution in [0.25, 0.3) is 0 Å². The van der Waals surface area contributed by atoms with E-state index in [2.05, 4.69) is 75.8 Å². The second-order valence-corrected chi connectivity index (χ2v) is 7.82. The molecule has 1 aliphatic heterocycles. The van der Waals surface area contributed by atoms with Crippen LogP contribution in [-0.4, -0.2) is 57.7 Å². The maximum absolute atomic E-state index is 5.52. The Balaban J connectivity index is 1.53. The van der Waals surface area contributed by atoms with E-state index in [-0.39, 0.29) is 0 Å². The Hall–Kier alpha value is -2.73. The number of nitrogens with zero attached hydrogens (tertiary/aromatic N) is 3. The Morgan fingerprint density at radius 1 is 1.20 bits per heavy atom. The van der Waals surface area contributed by atoms with Gasteiger partial charge in [0.1, 0.15) is 5.75 Å². The highest BCUT2D eigenvalue weighted by molar-refractivity contribution is 5.80. The van der Waals surface area contributed by atoms with Gasteiger partial charge in [-0.2, -0.15) is 0 Å². The summed E-state index contributed by atoms with van der Waals surface area (Å²) in [4.78, 5) is 9.10. The van der Waals surface area contributed by atoms with E-state index in [1.807, 2.05) is 19.2 Å². The molecule has 1 fully saturated rings. The minimum Gasteiger partial charge on any atom is -0.495 e. The predicted molar refractivity (Wildman–Crippen MR) is 125 cm³/mol. The first-order valence-corrected chi connectivity index (χ1v) is 10.7. The fraction of sp³-hybridized carbons (Fsp3) is 0.458. The normalized spacial score (nSPS) is 16.8. The second-order valence-electron chi connectivity index (χ2n) is 7.82. The van der Waals surface area contributed by atoms with Gasteiger partial charge in [0.2, 0.25) is 0 Å². The van der Waals surface area contributed by atoms with E-state index in [1.54, 1.807) is 7.11 Å². The van der Waals surface area contributed by atoms with Gasteiger partial charge in [0.15, 0.2) is 5.96 Å². The van der Waals surface area contributed by atoms with Crippen LogP contribution >= 0.6 is 0 Å². The SMILES string of the molecule is CCN(C)Cc1cccc(CNC(=NC)NC2CCN(c3ccccc3OC)C2)c1. The van der Waals surface area contributed by atoms with E-state index in [0.717, 1.165) is 56.5 Å². The molecule has 3 rings (SSSR count). The first-order chi connectivity index (χ1) is 14.6. The first kappa shape index (κ1) is 22.0. The highest BCUT2D eigenvalue weighted by Crippen LogP contribution is 2.30. The summed E-state index contributed by atoms with van der Waals surface area (Å²) < 4.78 is 5.52. The minimum absolute atomic E-state index is 0.352. The molecule has 0 amide bonds. The fourth-order valence-electron chi connectivity index (χ4n) is 3.82. The third kappa shape index (κ3) is 5.89. The van der Waals surface area contributed by atoms with E-state index in [4.69, 9.17) is 4.74 Å². The van der Waals surface area contributed by atoms with Gasteiger partial charge in [-0.3, -0.25) is 4.99 Å². The molecular formula is C24H35N5O. The van der Waals surface area contributed by atoms with Crippen molar-refractivity contribution in [3.05, 3.63) is 59.7 Å². The molecule has 0 aliphatic carbocycles. The summed E-state index contributed by atoms with van der Waals surface area (Å²) in [5.74, 6) is 1.77. The predicted octanol–water partition coefficient (Wildman–Crippen LogP) is 3.09. The number of guanidine groups is 1. The molecule has 1 aliphatic rings. The van der Waals surface area contributed by atoms with Crippen LogP contribution in [0.5, 0.6) is 5.75 Å². The zero-order chi connectivity index (χ0) is 21.3. The summed E-state index contributed by atoms with van der Waals surface area (Å²) in [5.41, 5.74) is 3.76. The van der Waals surface area contributed by atoms with Crippen LogP contribution in [0.4, 0.5) is 5.69 Å². The molecule has 162 valence electrons. The highest BCUT2D eigenvalue weighted by Gasteiger charge is 2.25. The van der Waals surface area contributed by atoms with Crippen LogP contribution in [0.1, 0.15) is 24.5 Å². The molecule has 0 bridgehead atoms. The summed E-state index contributed by atoms with van der Waals surface area (Å²) in [6, 6.07) is 17.3. The van der Waals surface area contributed by atoms with Crippen molar-refractivity contribution in [3.8, 4) is 5.75 Å². The molecule has 2 aromatic carbocycles. The molecule has 6 heteroatoms. The zero-order valence-corrected chi connectivity index (χ0v) is 18.7. The summed E-state index contributed by atoms with van der Waals surface area (Å²) in [6.45, 7) is 6.89. The molecule has 0 spiro atoms. The molecule has 0 radical (unpaired) electrons. The number of rotatable bonds is 8. The van der Waals surface area contributed by atoms with Crippen molar-refractivity contribution < 1.29 is 4.74 Å². The Kier molecular flexibility index (Phi) is 7.97. The smallest absolute Gasteiger partial charge is 0.191 e. The number of aliphatic imine (C=N–C) groups is 1. The number of hydrogen-bond acceptors (Lipinski definition) is 4. The molecule has 30 heavy (non-hydrogen) atoms. The van der Waals surface area contributed by atoms with Gasteiger partial charge in [-0.05, 0) is 43.3 Å². The van der Waals surface area contributed by atoms with Gasteiger partial charge in [-0.25, -0.2) is 0 Å². The Labute approximate surface area is 180 Å². The van der Waals surface area contributed by atoms with Crippen molar-refractivity contribution >= 4 is 11.6 Å². The number of benzene rings is 2. The van der Waals surface area contributed by atoms with Crippen LogP contribution in [0.15, 0.2) is 53.5 Å². The third-order valence-corrected chi connectivity index (χ3v) is 5.62. The topological polar surface area (TPSA) is 52.1 Å². The molecule has 0 saturated carbocycles. The monoisotopic (exact) mass is 409 g/mol. The largest absolute Gasteiger partial charge is 0.495 e. The molecule has 2 aromatic rings. The van der Waals surface area contributed by atoms with Gasteiger partial charge in [0.25, 0.3) is 0 Å². The molecule has 1 saturated heterocycles. The van der Waals surface area contributed by atoms with Crippen LogP contribution in [0, 0.1) is 0 Å². The lowest BCUT2D eigenvalue weighted by Gasteiger charge is -2.22. The molecule has 1 heterocycles. The lowest BCUT2D eigenvalue weighted by molar-refractivity contribution is 0.345. The standard InChI is InChI=1S/C24H35N5O/c1-5-28(3)17-20-10-8-9-19(15-20)16-26-24(25-2)27-21-13-14-29(18-21)22-11-6-7-12-23(22)30-4/h6-12,15,21H,5,13-14,16-18H2,1-4H3,(H2,25,26,27). The van der Waals surface area contributed by atoms with Crippen molar-refractivity contribution in [3.63, 3.8) is 0 Å². The minimum atomic E-state index is 0.352. The Bertz CT molecular complexity index is 838. The molecule has 1 unspecified atom stereocenters. The van der Waals surface area contributed by atoms with E-state index in [9.17, 15) is 0 Å². The number of methoxy groups -OCH3 is 1. The summed E-state index contributed by atoms with van der Waals surface area (Å²) in [7, 11) is 5.70. The van der Waals surface area contributed by atoms with Crippen molar-refractivity contribution in [1.29, 1.82) is 0 Å². The molecular weight excluding hydrogens is 374 g/mol.